The van der Waals surface area contributed by atoms with E-state index in [0.717, 1.165) is 32.0 Å². The maximum absolute atomic E-state index is 13.7. The van der Waals surface area contributed by atoms with Crippen LogP contribution in [0.3, 0.4) is 0 Å². The molecule has 46 heteroatoms. The molecule has 6 aliphatic rings. The Hall–Kier alpha value is -4.44. The first-order valence-corrected chi connectivity index (χ1v) is 37.8. The molecule has 31 atom stereocenters. The molecule has 114 heavy (non-hydrogen) atoms. The molecule has 6 saturated heterocycles. The number of aliphatic hydroxyl groups excluding tert-OH is 16. The number of carboxylic acid groups (broad SMARTS) is 1. The van der Waals surface area contributed by atoms with E-state index in [4.69, 9.17) is 52.1 Å². The number of ether oxygens (including phenoxy) is 11. The molecule has 0 radical (unpaired) electrons. The summed E-state index contributed by atoms with van der Waals surface area (Å²) in [7, 11) is -10.5. The van der Waals surface area contributed by atoms with Gasteiger partial charge in [-0.15, -0.1) is 0 Å². The molecule has 0 spiro atoms. The van der Waals surface area contributed by atoms with Gasteiger partial charge in [-0.1, -0.05) is 37.3 Å². The van der Waals surface area contributed by atoms with Gasteiger partial charge in [0.1, 0.15) is 154 Å². The second kappa shape index (κ2) is 39.4. The van der Waals surface area contributed by atoms with E-state index in [-0.39, 0.29) is 81.6 Å². The van der Waals surface area contributed by atoms with Crippen LogP contribution in [0.4, 0.5) is 11.4 Å². The van der Waals surface area contributed by atoms with Gasteiger partial charge in [-0.25, -0.2) is 16.8 Å². The van der Waals surface area contributed by atoms with Crippen molar-refractivity contribution in [1.82, 2.24) is 10.6 Å². The summed E-state index contributed by atoms with van der Waals surface area (Å²) in [6, 6.07) is 12.4. The fourth-order valence-corrected chi connectivity index (χ4v) is 15.8. The van der Waals surface area contributed by atoms with Crippen LogP contribution in [0.5, 0.6) is 0 Å². The zero-order chi connectivity index (χ0) is 82.2. The molecule has 10 rings (SSSR count). The molecule has 0 aliphatic carbocycles. The minimum absolute atomic E-state index is 0. The van der Waals surface area contributed by atoms with Gasteiger partial charge in [-0.3, -0.25) is 14.4 Å². The number of rotatable bonds is 27. The molecule has 6 fully saturated rings. The Balaban J connectivity index is 0.00000813. The van der Waals surface area contributed by atoms with Crippen molar-refractivity contribution in [2.75, 3.05) is 43.7 Å². The van der Waals surface area contributed by atoms with E-state index in [1.54, 1.807) is 18.2 Å². The van der Waals surface area contributed by atoms with Crippen LogP contribution in [-0.2, 0) is 86.7 Å². The maximum Gasteiger partial charge on any atom is 1.00 e. The van der Waals surface area contributed by atoms with Crippen molar-refractivity contribution in [3.8, 4) is 11.1 Å². The SMILES string of the molecule is CC(=O)NC1C(Nc2cccc(-c3ccc(C(=O)Nc4ccc(S(=O)(=O)[O-])c5cc(C)cc(S(=O)(=O)[O-])c45)cc3)c2)OC(CO)C(OC2OC(CO)C(O)C(OC3OC(CO)C(OC4OC(C)C(O)C(O)C4O)C(OC4OC(CO)C(O)C(OC5(C(=O)[O-])CC(O)C(C)C([C@@H](O)[C@@H](O)CO)O5)C4O)C3NC(C)=O)C2O)C1O.[Na+].[Na+]. The molecular weight excluding hydrogens is 1590 g/mol. The third-order valence-corrected chi connectivity index (χ3v) is 21.9. The Bertz CT molecular complexity index is 4210. The number of aryl methyl sites for hydroxylation is 1. The van der Waals surface area contributed by atoms with Gasteiger partial charge in [-0.2, -0.15) is 0 Å². The van der Waals surface area contributed by atoms with Gasteiger partial charge in [-0.05, 0) is 73.0 Å². The van der Waals surface area contributed by atoms with E-state index in [2.05, 4.69) is 21.3 Å². The van der Waals surface area contributed by atoms with Crippen LogP contribution < -0.4 is 85.5 Å². The van der Waals surface area contributed by atoms with E-state index in [1.165, 1.54) is 57.2 Å². The largest absolute Gasteiger partial charge is 1.00 e. The molecule has 0 aromatic heterocycles. The van der Waals surface area contributed by atoms with E-state index in [1.807, 2.05) is 0 Å². The molecule has 4 aromatic carbocycles. The van der Waals surface area contributed by atoms with Crippen molar-refractivity contribution in [3.63, 3.8) is 0 Å². The van der Waals surface area contributed by atoms with Crippen LogP contribution in [0.25, 0.3) is 21.9 Å². The number of nitrogens with one attached hydrogen (secondary N) is 4. The first-order valence-electron chi connectivity index (χ1n) is 35.0. The van der Waals surface area contributed by atoms with Crippen LogP contribution in [0.15, 0.2) is 82.6 Å². The number of carbonyl (C=O) groups is 4. The second-order valence-corrected chi connectivity index (χ2v) is 30.7. The van der Waals surface area contributed by atoms with E-state index in [9.17, 15) is 132 Å². The third kappa shape index (κ3) is 20.6. The molecule has 6 aliphatic heterocycles. The summed E-state index contributed by atoms with van der Waals surface area (Å²) >= 11 is 0. The van der Waals surface area contributed by atoms with Crippen LogP contribution in [-0.4, -0.2) is 348 Å². The normalized spacial score (nSPS) is 36.6. The van der Waals surface area contributed by atoms with Gasteiger partial charge in [0.2, 0.25) is 17.6 Å². The summed E-state index contributed by atoms with van der Waals surface area (Å²) in [5.74, 6) is -9.42. The average Bonchev–Trinajstić information content (AvgIpc) is 0.767. The molecule has 6 heterocycles. The second-order valence-electron chi connectivity index (χ2n) is 28.0. The minimum atomic E-state index is -5.32. The minimum Gasteiger partial charge on any atom is -0.744 e. The first kappa shape index (κ1) is 95.0. The zero-order valence-corrected chi connectivity index (χ0v) is 67.6. The van der Waals surface area contributed by atoms with Crippen LogP contribution >= 0.6 is 0 Å². The summed E-state index contributed by atoms with van der Waals surface area (Å²) in [5, 5.41) is 201. The fraction of sp³-hybridized carbons (Fsp3) is 0.618. The quantitative estimate of drug-likeness (QED) is 0.0195. The van der Waals surface area contributed by atoms with Crippen molar-refractivity contribution in [2.24, 2.45) is 5.92 Å². The number of fused-ring (bicyclic) bond motifs is 1. The van der Waals surface area contributed by atoms with Crippen LogP contribution in [0.2, 0.25) is 0 Å². The van der Waals surface area contributed by atoms with Crippen LogP contribution in [0.1, 0.15) is 50.0 Å². The number of benzene rings is 4. The number of carbonyl (C=O) groups excluding carboxylic acids is 4. The molecule has 0 bridgehead atoms. The summed E-state index contributed by atoms with van der Waals surface area (Å²) < 4.78 is 140. The van der Waals surface area contributed by atoms with Gasteiger partial charge in [0.25, 0.3) is 5.91 Å². The monoisotopic (exact) mass is 1680 g/mol. The smallest absolute Gasteiger partial charge is 0.744 e. The van der Waals surface area contributed by atoms with Crippen molar-refractivity contribution in [1.29, 1.82) is 0 Å². The summed E-state index contributed by atoms with van der Waals surface area (Å²) in [6.45, 7) is 0.250. The summed E-state index contributed by atoms with van der Waals surface area (Å²) in [4.78, 5) is 51.6. The molecule has 20 N–H and O–H groups in total. The van der Waals surface area contributed by atoms with Gasteiger partial charge in [0.15, 0.2) is 31.4 Å². The molecule has 624 valence electrons. The Morgan fingerprint density at radius 3 is 1.68 bits per heavy atom. The van der Waals surface area contributed by atoms with E-state index < -0.39 is 293 Å². The molecule has 29 unspecified atom stereocenters. The van der Waals surface area contributed by atoms with Gasteiger partial charge in [0, 0.05) is 48.2 Å². The number of amides is 3. The van der Waals surface area contributed by atoms with E-state index in [0.29, 0.717) is 11.1 Å². The number of carboxylic acids is 1. The summed E-state index contributed by atoms with van der Waals surface area (Å²) in [5.41, 5.74) is 0.942. The topological polar surface area (TPSA) is 679 Å². The predicted molar refractivity (Wildman–Crippen MR) is 365 cm³/mol. The molecular formula is C68H89N4Na2O38S2-. The number of anilines is 2. The number of aliphatic hydroxyl groups is 16. The summed E-state index contributed by atoms with van der Waals surface area (Å²) in [6.07, 6.45) is -55.9. The van der Waals surface area contributed by atoms with Crippen molar-refractivity contribution in [2.45, 2.75) is 234 Å². The Morgan fingerprint density at radius 2 is 1.11 bits per heavy atom. The molecule has 3 amide bonds. The zero-order valence-electron chi connectivity index (χ0n) is 61.9. The Labute approximate surface area is 694 Å². The fourth-order valence-electron chi connectivity index (χ4n) is 14.3. The molecule has 0 saturated carbocycles. The Kier molecular flexibility index (Phi) is 32.8. The Morgan fingerprint density at radius 1 is 0.570 bits per heavy atom. The van der Waals surface area contributed by atoms with Gasteiger partial charge in [0.05, 0.1) is 66.8 Å². The van der Waals surface area contributed by atoms with E-state index >= 15 is 0 Å². The maximum atomic E-state index is 13.7. The number of hydrogen-bond acceptors (Lipinski definition) is 39. The standard InChI is InChI=1S/C68H92N4O38S2.2Na/c1-24-15-33-41(111(94,95)96)14-13-34(43(33)42(16-24)112(97,98)99)72-61(91)30-11-9-29(10-12-30)31-7-6-8-32(17-31)71-62-44(69-27(4)78)50(86)56(39(22-76)101-62)105-65-53(89)59(48(84)37(20-74)102-65)108-63-45(70-28(5)79)58(57(40(23-77)104-63)106-64-52(88)51(87)46(82)26(3)100-64)107-66-54(90)60(49(85)38(21-75)103-66)110-68(67(92)93)18-35(80)25(2)55(109-68)47(83)36(81)19-73;;/h6-17,25-26,35-40,44-60,62-66,71,73-77,80-90H,18-23H2,1-5H3,(H,69,78)(H,70,79)(H,72,91)(H,92,93)(H,94,95,96)(H,97,98,99);;/q;2*+1/p-3/t25?,26?,35?,36-,37?,38?,39?,40?,44?,45?,46?,47-,48?,49?,50?,51?,52?,53?,54?,55?,56?,57?,58?,59?,60?,62?,63?,64?,65?,66?,68?;;/m0../s1. The average molecular weight is 1680 g/mol. The molecule has 4 aromatic rings. The third-order valence-electron chi connectivity index (χ3n) is 20.2. The van der Waals surface area contributed by atoms with Gasteiger partial charge >= 0.3 is 59.1 Å². The van der Waals surface area contributed by atoms with Gasteiger partial charge < -0.3 is 174 Å². The molecule has 42 nitrogen and oxygen atoms in total. The number of aliphatic carboxylic acids is 1. The predicted octanol–water partition coefficient (Wildman–Crippen LogP) is -15.3. The van der Waals surface area contributed by atoms with Crippen molar-refractivity contribution < 1.29 is 243 Å². The number of hydrogen-bond donors (Lipinski definition) is 20. The first-order chi connectivity index (χ1) is 52.7. The van der Waals surface area contributed by atoms with Crippen LogP contribution in [0, 0.1) is 12.8 Å². The van der Waals surface area contributed by atoms with Crippen molar-refractivity contribution in [3.05, 3.63) is 83.9 Å². The van der Waals surface area contributed by atoms with Crippen molar-refractivity contribution >= 4 is 66.1 Å².